The van der Waals surface area contributed by atoms with Gasteiger partial charge in [0.2, 0.25) is 0 Å². The average Bonchev–Trinajstić information content (AvgIpc) is 2.88. The fraction of sp³-hybridized carbons (Fsp3) is 0.545. The second kappa shape index (κ2) is 5.45. The first kappa shape index (κ1) is 13.0. The molecule has 2 rings (SSSR count). The zero-order valence-electron chi connectivity index (χ0n) is 9.74. The third-order valence-corrected chi connectivity index (χ3v) is 4.17. The maximum atomic E-state index is 12.1. The van der Waals surface area contributed by atoms with E-state index in [1.54, 1.807) is 4.90 Å². The van der Waals surface area contributed by atoms with Gasteiger partial charge in [-0.1, -0.05) is 11.3 Å². The Morgan fingerprint density at radius 3 is 2.67 bits per heavy atom. The van der Waals surface area contributed by atoms with Crippen molar-refractivity contribution in [2.45, 2.75) is 12.8 Å². The topological polar surface area (TPSA) is 83.7 Å². The number of rotatable bonds is 3. The van der Waals surface area contributed by atoms with Crippen LogP contribution in [0, 0.1) is 16.0 Å². The highest BCUT2D eigenvalue weighted by molar-refractivity contribution is 7.17. The summed E-state index contributed by atoms with van der Waals surface area (Å²) in [5.74, 6) is 0.121. The summed E-state index contributed by atoms with van der Waals surface area (Å²) in [5, 5.41) is 19.6. The lowest BCUT2D eigenvalue weighted by Gasteiger charge is -2.30. The van der Waals surface area contributed by atoms with Crippen LogP contribution < -0.4 is 0 Å². The van der Waals surface area contributed by atoms with Crippen molar-refractivity contribution in [1.29, 1.82) is 0 Å². The van der Waals surface area contributed by atoms with Crippen LogP contribution in [0.25, 0.3) is 0 Å². The number of nitro groups is 1. The molecule has 0 aliphatic carbocycles. The van der Waals surface area contributed by atoms with Crippen LogP contribution in [0.15, 0.2) is 12.1 Å². The molecule has 1 fully saturated rings. The quantitative estimate of drug-likeness (QED) is 0.666. The van der Waals surface area contributed by atoms with E-state index < -0.39 is 4.92 Å². The Bertz CT molecular complexity index is 452. The lowest BCUT2D eigenvalue weighted by Crippen LogP contribution is -2.38. The summed E-state index contributed by atoms with van der Waals surface area (Å²) in [4.78, 5) is 24.3. The van der Waals surface area contributed by atoms with Crippen LogP contribution in [0.2, 0.25) is 0 Å². The molecule has 98 valence electrons. The molecular formula is C11H14N2O4S. The van der Waals surface area contributed by atoms with Gasteiger partial charge in [0.05, 0.1) is 9.80 Å². The summed E-state index contributed by atoms with van der Waals surface area (Å²) in [6, 6.07) is 2.86. The molecule has 1 amide bonds. The zero-order valence-corrected chi connectivity index (χ0v) is 10.6. The minimum atomic E-state index is -0.487. The van der Waals surface area contributed by atoms with Gasteiger partial charge in [0.25, 0.3) is 5.91 Å². The van der Waals surface area contributed by atoms with E-state index >= 15 is 0 Å². The molecule has 0 bridgehead atoms. The van der Waals surface area contributed by atoms with E-state index in [9.17, 15) is 14.9 Å². The Labute approximate surface area is 108 Å². The number of nitrogens with zero attached hydrogens (tertiary/aromatic N) is 2. The molecule has 0 aromatic carbocycles. The van der Waals surface area contributed by atoms with Gasteiger partial charge in [0.15, 0.2) is 0 Å². The second-order valence-corrected chi connectivity index (χ2v) is 5.38. The molecule has 1 aliphatic heterocycles. The van der Waals surface area contributed by atoms with Crippen molar-refractivity contribution >= 4 is 22.2 Å². The number of thiophene rings is 1. The molecule has 1 aromatic heterocycles. The first-order chi connectivity index (χ1) is 8.61. The molecule has 2 heterocycles. The molecular weight excluding hydrogens is 256 g/mol. The maximum absolute atomic E-state index is 12.1. The number of carbonyl (C=O) groups excluding carboxylic acids is 1. The number of amides is 1. The van der Waals surface area contributed by atoms with Gasteiger partial charge in [-0.25, -0.2) is 0 Å². The monoisotopic (exact) mass is 270 g/mol. The Balaban J connectivity index is 2.01. The maximum Gasteiger partial charge on any atom is 0.324 e. The van der Waals surface area contributed by atoms with E-state index in [0.717, 1.165) is 24.2 Å². The zero-order chi connectivity index (χ0) is 13.1. The summed E-state index contributed by atoms with van der Waals surface area (Å²) < 4.78 is 0. The highest BCUT2D eigenvalue weighted by Gasteiger charge is 2.25. The first-order valence-electron chi connectivity index (χ1n) is 5.76. The fourth-order valence-corrected chi connectivity index (χ4v) is 2.80. The number of aliphatic hydroxyl groups excluding tert-OH is 1. The average molecular weight is 270 g/mol. The van der Waals surface area contributed by atoms with Gasteiger partial charge in [0, 0.05) is 25.8 Å². The predicted molar refractivity (Wildman–Crippen MR) is 66.7 cm³/mol. The van der Waals surface area contributed by atoms with Gasteiger partial charge >= 0.3 is 5.00 Å². The van der Waals surface area contributed by atoms with Gasteiger partial charge in [-0.3, -0.25) is 14.9 Å². The van der Waals surface area contributed by atoms with Gasteiger partial charge in [-0.15, -0.1) is 0 Å². The Morgan fingerprint density at radius 1 is 1.50 bits per heavy atom. The van der Waals surface area contributed by atoms with E-state index in [2.05, 4.69) is 0 Å². The highest BCUT2D eigenvalue weighted by Crippen LogP contribution is 2.26. The molecule has 1 N–H and O–H groups in total. The molecule has 0 saturated carbocycles. The normalized spacial score (nSPS) is 16.8. The molecule has 1 saturated heterocycles. The number of hydrogen-bond donors (Lipinski definition) is 1. The Kier molecular flexibility index (Phi) is 3.93. The SMILES string of the molecule is O=C(c1ccc([N+](=O)[O-])s1)N1CCC(CO)CC1. The van der Waals surface area contributed by atoms with Crippen LogP contribution in [-0.2, 0) is 0 Å². The number of piperidine rings is 1. The van der Waals surface area contributed by atoms with Gasteiger partial charge in [-0.2, -0.15) is 0 Å². The van der Waals surface area contributed by atoms with Crippen molar-refractivity contribution in [1.82, 2.24) is 4.90 Å². The lowest BCUT2D eigenvalue weighted by atomic mass is 9.98. The molecule has 0 unspecified atom stereocenters. The summed E-state index contributed by atoms with van der Waals surface area (Å²) in [6.07, 6.45) is 1.57. The van der Waals surface area contributed by atoms with Crippen molar-refractivity contribution in [3.05, 3.63) is 27.1 Å². The number of carbonyl (C=O) groups is 1. The number of likely N-dealkylation sites (tertiary alicyclic amines) is 1. The molecule has 7 heteroatoms. The summed E-state index contributed by atoms with van der Waals surface area (Å²) in [6.45, 7) is 1.37. The van der Waals surface area contributed by atoms with Gasteiger partial charge < -0.3 is 10.0 Å². The molecule has 1 aliphatic rings. The van der Waals surface area contributed by atoms with Crippen molar-refractivity contribution in [2.75, 3.05) is 19.7 Å². The minimum Gasteiger partial charge on any atom is -0.396 e. The van der Waals surface area contributed by atoms with Crippen LogP contribution >= 0.6 is 11.3 Å². The molecule has 0 spiro atoms. The molecule has 1 aromatic rings. The van der Waals surface area contributed by atoms with Crippen molar-refractivity contribution in [3.63, 3.8) is 0 Å². The van der Waals surface area contributed by atoms with E-state index in [1.165, 1.54) is 12.1 Å². The van der Waals surface area contributed by atoms with Crippen LogP contribution in [0.5, 0.6) is 0 Å². The van der Waals surface area contributed by atoms with Gasteiger partial charge in [-0.05, 0) is 24.8 Å². The summed E-state index contributed by atoms with van der Waals surface area (Å²) in [7, 11) is 0. The van der Waals surface area contributed by atoms with E-state index in [1.807, 2.05) is 0 Å². The Morgan fingerprint density at radius 2 is 2.17 bits per heavy atom. The van der Waals surface area contributed by atoms with Gasteiger partial charge in [0.1, 0.15) is 0 Å². The lowest BCUT2D eigenvalue weighted by molar-refractivity contribution is -0.380. The standard InChI is InChI=1S/C11H14N2O4S/c14-7-8-3-5-12(6-4-8)11(15)9-1-2-10(18-9)13(16)17/h1-2,8,14H,3-7H2. The third kappa shape index (κ3) is 2.68. The summed E-state index contributed by atoms with van der Waals surface area (Å²) >= 11 is 0.910. The van der Waals surface area contributed by atoms with Crippen LogP contribution in [-0.4, -0.2) is 40.5 Å². The minimum absolute atomic E-state index is 0.0106. The van der Waals surface area contributed by atoms with Crippen molar-refractivity contribution < 1.29 is 14.8 Å². The molecule has 0 radical (unpaired) electrons. The molecule has 6 nitrogen and oxygen atoms in total. The van der Waals surface area contributed by atoms with E-state index in [0.29, 0.717) is 18.0 Å². The first-order valence-corrected chi connectivity index (χ1v) is 6.58. The third-order valence-electron chi connectivity index (χ3n) is 3.14. The highest BCUT2D eigenvalue weighted by atomic mass is 32.1. The van der Waals surface area contributed by atoms with E-state index in [-0.39, 0.29) is 23.4 Å². The Hall–Kier alpha value is -1.47. The summed E-state index contributed by atoms with van der Waals surface area (Å²) in [5.41, 5.74) is 0. The van der Waals surface area contributed by atoms with Crippen LogP contribution in [0.1, 0.15) is 22.5 Å². The fourth-order valence-electron chi connectivity index (χ4n) is 2.02. The van der Waals surface area contributed by atoms with E-state index in [4.69, 9.17) is 5.11 Å². The smallest absolute Gasteiger partial charge is 0.324 e. The van der Waals surface area contributed by atoms with Crippen molar-refractivity contribution in [2.24, 2.45) is 5.92 Å². The predicted octanol–water partition coefficient (Wildman–Crippen LogP) is 1.50. The van der Waals surface area contributed by atoms with Crippen molar-refractivity contribution in [3.8, 4) is 0 Å². The number of hydrogen-bond acceptors (Lipinski definition) is 5. The number of aliphatic hydroxyl groups is 1. The largest absolute Gasteiger partial charge is 0.396 e. The second-order valence-electron chi connectivity index (χ2n) is 4.31. The molecule has 18 heavy (non-hydrogen) atoms. The van der Waals surface area contributed by atoms with Crippen LogP contribution in [0.4, 0.5) is 5.00 Å². The van der Waals surface area contributed by atoms with Crippen LogP contribution in [0.3, 0.4) is 0 Å². The molecule has 0 atom stereocenters.